The molecule has 4 heteroatoms. The van der Waals surface area contributed by atoms with Crippen LogP contribution in [0.3, 0.4) is 0 Å². The lowest BCUT2D eigenvalue weighted by Crippen LogP contribution is -2.23. The van der Waals surface area contributed by atoms with Gasteiger partial charge in [-0.3, -0.25) is 9.59 Å². The zero-order valence-electron chi connectivity index (χ0n) is 14.0. The summed E-state index contributed by atoms with van der Waals surface area (Å²) in [5.41, 5.74) is 0.923. The van der Waals surface area contributed by atoms with E-state index in [1.54, 1.807) is 13.8 Å². The van der Waals surface area contributed by atoms with Crippen LogP contribution in [0.1, 0.15) is 56.8 Å². The van der Waals surface area contributed by atoms with Crippen molar-refractivity contribution in [3.05, 3.63) is 32.9 Å². The SMILES string of the molecule is CCc1oc(CCCOC(=O)C(C)(C)C)c(C)c(=O)c1C. The molecular weight excluding hydrogens is 268 g/mol. The van der Waals surface area contributed by atoms with Gasteiger partial charge in [-0.15, -0.1) is 0 Å². The number of rotatable bonds is 5. The predicted octanol–water partition coefficient (Wildman–Crippen LogP) is 3.34. The number of ether oxygens (including phenoxy) is 1. The summed E-state index contributed by atoms with van der Waals surface area (Å²) in [5.74, 6) is 1.24. The lowest BCUT2D eigenvalue weighted by Gasteiger charge is -2.16. The number of hydrogen-bond donors (Lipinski definition) is 0. The fraction of sp³-hybridized carbons (Fsp3) is 0.647. The van der Waals surface area contributed by atoms with Gasteiger partial charge in [0, 0.05) is 24.0 Å². The fourth-order valence-corrected chi connectivity index (χ4v) is 2.03. The van der Waals surface area contributed by atoms with E-state index in [4.69, 9.17) is 9.15 Å². The Balaban J connectivity index is 2.67. The molecule has 118 valence electrons. The summed E-state index contributed by atoms with van der Waals surface area (Å²) in [7, 11) is 0. The van der Waals surface area contributed by atoms with Gasteiger partial charge >= 0.3 is 5.97 Å². The monoisotopic (exact) mass is 294 g/mol. The molecule has 0 aliphatic rings. The summed E-state index contributed by atoms with van der Waals surface area (Å²) in [6.45, 7) is 11.4. The normalized spacial score (nSPS) is 11.5. The minimum Gasteiger partial charge on any atom is -0.465 e. The number of esters is 1. The third-order valence-corrected chi connectivity index (χ3v) is 3.48. The Bertz CT molecular complexity index is 561. The van der Waals surface area contributed by atoms with Crippen molar-refractivity contribution < 1.29 is 13.9 Å². The maximum absolute atomic E-state index is 12.1. The molecule has 1 aromatic heterocycles. The summed E-state index contributed by atoms with van der Waals surface area (Å²) < 4.78 is 11.0. The highest BCUT2D eigenvalue weighted by Crippen LogP contribution is 2.16. The summed E-state index contributed by atoms with van der Waals surface area (Å²) in [6.07, 6.45) is 1.96. The van der Waals surface area contributed by atoms with Gasteiger partial charge in [-0.05, 0) is 41.0 Å². The van der Waals surface area contributed by atoms with Crippen LogP contribution in [0, 0.1) is 19.3 Å². The average molecular weight is 294 g/mol. The quantitative estimate of drug-likeness (QED) is 0.617. The van der Waals surface area contributed by atoms with E-state index in [0.717, 1.165) is 5.76 Å². The van der Waals surface area contributed by atoms with Crippen molar-refractivity contribution in [1.82, 2.24) is 0 Å². The van der Waals surface area contributed by atoms with Gasteiger partial charge in [-0.25, -0.2) is 0 Å². The van der Waals surface area contributed by atoms with Crippen molar-refractivity contribution in [3.8, 4) is 0 Å². The first-order chi connectivity index (χ1) is 9.68. The molecule has 0 radical (unpaired) electrons. The minimum absolute atomic E-state index is 0.0554. The van der Waals surface area contributed by atoms with Crippen LogP contribution in [0.2, 0.25) is 0 Å². The molecule has 21 heavy (non-hydrogen) atoms. The Kier molecular flexibility index (Phi) is 5.76. The molecule has 0 atom stereocenters. The highest BCUT2D eigenvalue weighted by molar-refractivity contribution is 5.75. The van der Waals surface area contributed by atoms with Gasteiger partial charge in [0.25, 0.3) is 0 Å². The largest absolute Gasteiger partial charge is 0.465 e. The van der Waals surface area contributed by atoms with Crippen molar-refractivity contribution in [2.75, 3.05) is 6.61 Å². The molecule has 0 aromatic carbocycles. The van der Waals surface area contributed by atoms with Crippen molar-refractivity contribution in [2.24, 2.45) is 5.41 Å². The molecule has 1 heterocycles. The molecule has 1 aromatic rings. The van der Waals surface area contributed by atoms with E-state index >= 15 is 0 Å². The fourth-order valence-electron chi connectivity index (χ4n) is 2.03. The van der Waals surface area contributed by atoms with Crippen molar-refractivity contribution in [3.63, 3.8) is 0 Å². The molecular formula is C17H26O4. The second kappa shape index (κ2) is 6.92. The first-order valence-electron chi connectivity index (χ1n) is 7.47. The summed E-state index contributed by atoms with van der Waals surface area (Å²) in [6, 6.07) is 0. The summed E-state index contributed by atoms with van der Waals surface area (Å²) in [4.78, 5) is 23.7. The van der Waals surface area contributed by atoms with Gasteiger partial charge in [-0.2, -0.15) is 0 Å². The van der Waals surface area contributed by atoms with Crippen molar-refractivity contribution in [2.45, 2.75) is 60.8 Å². The molecule has 0 amide bonds. The molecule has 0 unspecified atom stereocenters. The number of carbonyl (C=O) groups is 1. The second-order valence-corrected chi connectivity index (χ2v) is 6.37. The Labute approximate surface area is 126 Å². The first kappa shape index (κ1) is 17.5. The van der Waals surface area contributed by atoms with Crippen LogP contribution in [-0.4, -0.2) is 12.6 Å². The molecule has 0 saturated carbocycles. The maximum Gasteiger partial charge on any atom is 0.311 e. The predicted molar refractivity (Wildman–Crippen MR) is 82.6 cm³/mol. The van der Waals surface area contributed by atoms with Crippen LogP contribution in [0.25, 0.3) is 0 Å². The van der Waals surface area contributed by atoms with Gasteiger partial charge < -0.3 is 9.15 Å². The van der Waals surface area contributed by atoms with Gasteiger partial charge in [0.05, 0.1) is 12.0 Å². The minimum atomic E-state index is -0.484. The first-order valence-corrected chi connectivity index (χ1v) is 7.47. The highest BCUT2D eigenvalue weighted by Gasteiger charge is 2.22. The van der Waals surface area contributed by atoms with E-state index in [1.165, 1.54) is 0 Å². The molecule has 0 aliphatic heterocycles. The number of hydrogen-bond acceptors (Lipinski definition) is 4. The lowest BCUT2D eigenvalue weighted by atomic mass is 9.97. The lowest BCUT2D eigenvalue weighted by molar-refractivity contribution is -0.153. The maximum atomic E-state index is 12.1. The van der Waals surface area contributed by atoms with E-state index in [-0.39, 0.29) is 11.4 Å². The second-order valence-electron chi connectivity index (χ2n) is 6.37. The van der Waals surface area contributed by atoms with Gasteiger partial charge in [-0.1, -0.05) is 6.92 Å². The molecule has 0 fully saturated rings. The van der Waals surface area contributed by atoms with Crippen LogP contribution in [0.4, 0.5) is 0 Å². The zero-order valence-corrected chi connectivity index (χ0v) is 14.0. The van der Waals surface area contributed by atoms with Crippen molar-refractivity contribution >= 4 is 5.97 Å². The van der Waals surface area contributed by atoms with E-state index in [9.17, 15) is 9.59 Å². The standard InChI is InChI=1S/C17H26O4/c1-7-13-11(2)15(18)12(3)14(21-13)9-8-10-20-16(19)17(4,5)6/h7-10H2,1-6H3. The molecule has 0 aliphatic carbocycles. The Morgan fingerprint density at radius 1 is 1.14 bits per heavy atom. The van der Waals surface area contributed by atoms with Crippen LogP contribution in [-0.2, 0) is 22.4 Å². The van der Waals surface area contributed by atoms with Crippen LogP contribution in [0.15, 0.2) is 9.21 Å². The van der Waals surface area contributed by atoms with Gasteiger partial charge in [0.2, 0.25) is 0 Å². The van der Waals surface area contributed by atoms with Crippen LogP contribution in [0.5, 0.6) is 0 Å². The molecule has 0 spiro atoms. The van der Waals surface area contributed by atoms with E-state index in [2.05, 4.69) is 0 Å². The van der Waals surface area contributed by atoms with Crippen molar-refractivity contribution in [1.29, 1.82) is 0 Å². The molecule has 4 nitrogen and oxygen atoms in total. The summed E-state index contributed by atoms with van der Waals surface area (Å²) >= 11 is 0. The van der Waals surface area contributed by atoms with Gasteiger partial charge in [0.1, 0.15) is 11.5 Å². The molecule has 0 N–H and O–H groups in total. The highest BCUT2D eigenvalue weighted by atomic mass is 16.5. The Hall–Kier alpha value is -1.58. The Morgan fingerprint density at radius 3 is 2.24 bits per heavy atom. The molecule has 0 saturated heterocycles. The zero-order chi connectivity index (χ0) is 16.2. The van der Waals surface area contributed by atoms with E-state index in [1.807, 2.05) is 27.7 Å². The third kappa shape index (κ3) is 4.45. The van der Waals surface area contributed by atoms with Crippen LogP contribution < -0.4 is 5.43 Å². The van der Waals surface area contributed by atoms with Crippen LogP contribution >= 0.6 is 0 Å². The number of carbonyl (C=O) groups excluding carboxylic acids is 1. The summed E-state index contributed by atoms with van der Waals surface area (Å²) in [5, 5.41) is 0. The average Bonchev–Trinajstić information content (AvgIpc) is 2.41. The van der Waals surface area contributed by atoms with Gasteiger partial charge in [0.15, 0.2) is 5.43 Å². The van der Waals surface area contributed by atoms with E-state index in [0.29, 0.717) is 42.8 Å². The third-order valence-electron chi connectivity index (χ3n) is 3.48. The topological polar surface area (TPSA) is 56.5 Å². The smallest absolute Gasteiger partial charge is 0.311 e. The Morgan fingerprint density at radius 2 is 1.71 bits per heavy atom. The number of aryl methyl sites for hydroxylation is 2. The molecule has 0 bridgehead atoms. The molecule has 1 rings (SSSR count). The van der Waals surface area contributed by atoms with E-state index < -0.39 is 5.41 Å².